The third-order valence-electron chi connectivity index (χ3n) is 5.43. The molecule has 0 spiro atoms. The number of nitrogens with one attached hydrogen (secondary N) is 1. The molecule has 1 nitrogen and oxygen atoms in total. The van der Waals surface area contributed by atoms with Gasteiger partial charge in [-0.3, -0.25) is 0 Å². The van der Waals surface area contributed by atoms with Gasteiger partial charge in [-0.2, -0.15) is 0 Å². The van der Waals surface area contributed by atoms with Crippen molar-refractivity contribution < 1.29 is 0 Å². The molecule has 0 bridgehead atoms. The zero-order valence-corrected chi connectivity index (χ0v) is 13.9. The van der Waals surface area contributed by atoms with E-state index in [1.165, 1.54) is 55.7 Å². The lowest BCUT2D eigenvalue weighted by molar-refractivity contribution is 0.267. The standard InChI is InChI=1S/C21H29N/c1-2-22-16-8-15-21(13-6-3-7-14-21)20-12-11-18-9-4-5-10-19(18)17-20/h4-5,9-12,17,22H,2-3,6-8,13-16H2,1H3. The van der Waals surface area contributed by atoms with Crippen LogP contribution in [0.2, 0.25) is 0 Å². The lowest BCUT2D eigenvalue weighted by atomic mass is 9.66. The maximum atomic E-state index is 3.49. The van der Waals surface area contributed by atoms with Gasteiger partial charge in [0, 0.05) is 0 Å². The predicted octanol–water partition coefficient (Wildman–Crippen LogP) is 5.43. The monoisotopic (exact) mass is 295 g/mol. The summed E-state index contributed by atoms with van der Waals surface area (Å²) in [6, 6.07) is 16.0. The van der Waals surface area contributed by atoms with E-state index in [9.17, 15) is 0 Å². The van der Waals surface area contributed by atoms with Crippen molar-refractivity contribution in [3.63, 3.8) is 0 Å². The minimum atomic E-state index is 0.428. The zero-order valence-electron chi connectivity index (χ0n) is 13.9. The van der Waals surface area contributed by atoms with Gasteiger partial charge in [-0.25, -0.2) is 0 Å². The molecule has 3 rings (SSSR count). The molecular formula is C21H29N. The molecule has 0 aliphatic heterocycles. The topological polar surface area (TPSA) is 12.0 Å². The molecule has 0 amide bonds. The minimum Gasteiger partial charge on any atom is -0.317 e. The lowest BCUT2D eigenvalue weighted by Gasteiger charge is -2.38. The summed E-state index contributed by atoms with van der Waals surface area (Å²) in [5, 5.41) is 6.25. The number of benzene rings is 2. The Hall–Kier alpha value is -1.34. The number of fused-ring (bicyclic) bond motifs is 1. The Morgan fingerprint density at radius 3 is 2.50 bits per heavy atom. The van der Waals surface area contributed by atoms with Gasteiger partial charge in [-0.05, 0) is 60.5 Å². The van der Waals surface area contributed by atoms with Gasteiger partial charge in [0.25, 0.3) is 0 Å². The van der Waals surface area contributed by atoms with Crippen LogP contribution < -0.4 is 5.32 Å². The van der Waals surface area contributed by atoms with Gasteiger partial charge in [0.15, 0.2) is 0 Å². The first-order valence-electron chi connectivity index (χ1n) is 9.04. The van der Waals surface area contributed by atoms with Gasteiger partial charge >= 0.3 is 0 Å². The quantitative estimate of drug-likeness (QED) is 0.700. The summed E-state index contributed by atoms with van der Waals surface area (Å²) in [6.07, 6.45) is 9.58. The molecule has 0 saturated heterocycles. The van der Waals surface area contributed by atoms with E-state index in [2.05, 4.69) is 54.7 Å². The summed E-state index contributed by atoms with van der Waals surface area (Å²) < 4.78 is 0. The van der Waals surface area contributed by atoms with Gasteiger partial charge in [0.1, 0.15) is 0 Å². The molecule has 118 valence electrons. The summed E-state index contributed by atoms with van der Waals surface area (Å²) in [6.45, 7) is 4.44. The molecule has 2 aromatic rings. The van der Waals surface area contributed by atoms with Crippen LogP contribution in [0.25, 0.3) is 10.8 Å². The zero-order chi connectivity index (χ0) is 15.3. The van der Waals surface area contributed by atoms with E-state index in [1.807, 2.05) is 0 Å². The van der Waals surface area contributed by atoms with Gasteiger partial charge in [-0.15, -0.1) is 0 Å². The van der Waals surface area contributed by atoms with Crippen LogP contribution in [-0.4, -0.2) is 13.1 Å². The molecule has 2 aromatic carbocycles. The fourth-order valence-corrected chi connectivity index (χ4v) is 4.16. The van der Waals surface area contributed by atoms with E-state index in [1.54, 1.807) is 5.56 Å². The number of hydrogen-bond donors (Lipinski definition) is 1. The average Bonchev–Trinajstić information content (AvgIpc) is 2.59. The molecule has 1 heteroatoms. The van der Waals surface area contributed by atoms with Gasteiger partial charge in [0.2, 0.25) is 0 Å². The molecule has 1 fully saturated rings. The second kappa shape index (κ2) is 7.28. The highest BCUT2D eigenvalue weighted by atomic mass is 14.8. The van der Waals surface area contributed by atoms with Crippen LogP contribution in [-0.2, 0) is 5.41 Å². The first kappa shape index (κ1) is 15.6. The Bertz CT molecular complexity index is 596. The van der Waals surface area contributed by atoms with Crippen LogP contribution in [0.1, 0.15) is 57.4 Å². The molecule has 0 atom stereocenters. The average molecular weight is 295 g/mol. The van der Waals surface area contributed by atoms with E-state index in [4.69, 9.17) is 0 Å². The number of rotatable bonds is 6. The third kappa shape index (κ3) is 3.35. The summed E-state index contributed by atoms with van der Waals surface area (Å²) in [7, 11) is 0. The van der Waals surface area contributed by atoms with Crippen molar-refractivity contribution in [3.05, 3.63) is 48.0 Å². The normalized spacial score (nSPS) is 17.7. The van der Waals surface area contributed by atoms with Crippen LogP contribution in [0.3, 0.4) is 0 Å². The number of hydrogen-bond acceptors (Lipinski definition) is 1. The minimum absolute atomic E-state index is 0.428. The Balaban J connectivity index is 1.86. The molecule has 1 N–H and O–H groups in total. The molecular weight excluding hydrogens is 266 g/mol. The highest BCUT2D eigenvalue weighted by Crippen LogP contribution is 2.43. The van der Waals surface area contributed by atoms with Crippen molar-refractivity contribution >= 4 is 10.8 Å². The highest BCUT2D eigenvalue weighted by molar-refractivity contribution is 5.83. The lowest BCUT2D eigenvalue weighted by Crippen LogP contribution is -2.30. The van der Waals surface area contributed by atoms with Crippen molar-refractivity contribution in [2.45, 2.75) is 57.3 Å². The van der Waals surface area contributed by atoms with Crippen molar-refractivity contribution in [2.75, 3.05) is 13.1 Å². The molecule has 0 heterocycles. The van der Waals surface area contributed by atoms with E-state index < -0.39 is 0 Å². The summed E-state index contributed by atoms with van der Waals surface area (Å²) in [5.74, 6) is 0. The fraction of sp³-hybridized carbons (Fsp3) is 0.524. The molecule has 1 aliphatic rings. The maximum absolute atomic E-state index is 3.49. The Kier molecular flexibility index (Phi) is 5.15. The fourth-order valence-electron chi connectivity index (χ4n) is 4.16. The second-order valence-corrected chi connectivity index (χ2v) is 6.86. The largest absolute Gasteiger partial charge is 0.317 e. The summed E-state index contributed by atoms with van der Waals surface area (Å²) >= 11 is 0. The molecule has 1 aliphatic carbocycles. The molecule has 0 radical (unpaired) electrons. The van der Waals surface area contributed by atoms with E-state index in [0.717, 1.165) is 13.1 Å². The van der Waals surface area contributed by atoms with Gasteiger partial charge in [-0.1, -0.05) is 68.7 Å². The van der Waals surface area contributed by atoms with Crippen molar-refractivity contribution in [2.24, 2.45) is 0 Å². The Morgan fingerprint density at radius 2 is 1.73 bits per heavy atom. The van der Waals surface area contributed by atoms with Crippen LogP contribution in [0.15, 0.2) is 42.5 Å². The van der Waals surface area contributed by atoms with E-state index in [0.29, 0.717) is 5.41 Å². The van der Waals surface area contributed by atoms with Crippen LogP contribution >= 0.6 is 0 Å². The predicted molar refractivity (Wildman–Crippen MR) is 96.5 cm³/mol. The molecule has 22 heavy (non-hydrogen) atoms. The second-order valence-electron chi connectivity index (χ2n) is 6.86. The van der Waals surface area contributed by atoms with E-state index >= 15 is 0 Å². The summed E-state index contributed by atoms with van der Waals surface area (Å²) in [5.41, 5.74) is 2.01. The van der Waals surface area contributed by atoms with E-state index in [-0.39, 0.29) is 0 Å². The highest BCUT2D eigenvalue weighted by Gasteiger charge is 2.33. The first-order valence-corrected chi connectivity index (χ1v) is 9.04. The van der Waals surface area contributed by atoms with Crippen LogP contribution in [0.5, 0.6) is 0 Å². The SMILES string of the molecule is CCNCCCC1(c2ccc3ccccc3c2)CCCCC1. The molecule has 0 unspecified atom stereocenters. The smallest absolute Gasteiger partial charge is 0.00463 e. The van der Waals surface area contributed by atoms with Gasteiger partial charge < -0.3 is 5.32 Å². The third-order valence-corrected chi connectivity index (χ3v) is 5.43. The van der Waals surface area contributed by atoms with Gasteiger partial charge in [0.05, 0.1) is 0 Å². The maximum Gasteiger partial charge on any atom is -0.00463 e. The van der Waals surface area contributed by atoms with Crippen LogP contribution in [0.4, 0.5) is 0 Å². The van der Waals surface area contributed by atoms with Crippen molar-refractivity contribution in [1.29, 1.82) is 0 Å². The first-order chi connectivity index (χ1) is 10.8. The van der Waals surface area contributed by atoms with Crippen LogP contribution in [0, 0.1) is 0 Å². The molecule has 1 saturated carbocycles. The Morgan fingerprint density at radius 1 is 0.955 bits per heavy atom. The van der Waals surface area contributed by atoms with Crippen molar-refractivity contribution in [3.8, 4) is 0 Å². The Labute approximate surface area is 135 Å². The summed E-state index contributed by atoms with van der Waals surface area (Å²) in [4.78, 5) is 0. The molecule has 0 aromatic heterocycles. The van der Waals surface area contributed by atoms with Crippen molar-refractivity contribution in [1.82, 2.24) is 5.32 Å².